The van der Waals surface area contributed by atoms with E-state index in [9.17, 15) is 9.90 Å². The third-order valence-corrected chi connectivity index (χ3v) is 3.84. The first-order valence-electron chi connectivity index (χ1n) is 7.02. The van der Waals surface area contributed by atoms with Gasteiger partial charge in [0.05, 0.1) is 12.7 Å². The number of nitrogens with zero attached hydrogens (tertiary/aromatic N) is 2. The second-order valence-corrected chi connectivity index (χ2v) is 5.34. The molecule has 108 valence electrons. The summed E-state index contributed by atoms with van der Waals surface area (Å²) in [6, 6.07) is 9.49. The predicted octanol–water partition coefficient (Wildman–Crippen LogP) is 1.50. The molecule has 0 spiro atoms. The lowest BCUT2D eigenvalue weighted by Crippen LogP contribution is -2.42. The highest BCUT2D eigenvalue weighted by Gasteiger charge is 2.45. The number of rotatable bonds is 5. The van der Waals surface area contributed by atoms with Crippen LogP contribution in [-0.4, -0.2) is 27.5 Å². The van der Waals surface area contributed by atoms with Crippen molar-refractivity contribution in [3.8, 4) is 0 Å². The maximum Gasteiger partial charge on any atom is 0.271 e. The molecule has 2 N–H and O–H groups in total. The van der Waals surface area contributed by atoms with Crippen LogP contribution in [0.2, 0.25) is 0 Å². The summed E-state index contributed by atoms with van der Waals surface area (Å²) in [5.41, 5.74) is 0.0784. The van der Waals surface area contributed by atoms with Gasteiger partial charge in [0.25, 0.3) is 5.91 Å². The first-order valence-corrected chi connectivity index (χ1v) is 7.02. The Morgan fingerprint density at radius 1 is 1.29 bits per heavy atom. The van der Waals surface area contributed by atoms with Crippen LogP contribution in [0.5, 0.6) is 0 Å². The minimum absolute atomic E-state index is 0.178. The van der Waals surface area contributed by atoms with E-state index < -0.39 is 5.60 Å². The number of aliphatic hydroxyl groups is 1. The Kier molecular flexibility index (Phi) is 3.66. The van der Waals surface area contributed by atoms with Gasteiger partial charge in [-0.2, -0.15) is 0 Å². The van der Waals surface area contributed by atoms with E-state index in [2.05, 4.69) is 15.3 Å². The lowest BCUT2D eigenvalue weighted by molar-refractivity contribution is 0.0134. The molecular weight excluding hydrogens is 266 g/mol. The van der Waals surface area contributed by atoms with E-state index in [1.807, 2.05) is 30.3 Å². The van der Waals surface area contributed by atoms with Crippen molar-refractivity contribution in [2.24, 2.45) is 5.92 Å². The fourth-order valence-electron chi connectivity index (χ4n) is 2.49. The molecule has 1 saturated carbocycles. The molecule has 3 rings (SSSR count). The largest absolute Gasteiger partial charge is 0.383 e. The molecule has 2 aromatic rings. The van der Waals surface area contributed by atoms with E-state index in [0.29, 0.717) is 0 Å². The fraction of sp³-hybridized carbons (Fsp3) is 0.312. The van der Waals surface area contributed by atoms with Crippen molar-refractivity contribution >= 4 is 5.91 Å². The van der Waals surface area contributed by atoms with Crippen molar-refractivity contribution in [3.05, 3.63) is 60.2 Å². The van der Waals surface area contributed by atoms with Crippen molar-refractivity contribution in [1.29, 1.82) is 0 Å². The van der Waals surface area contributed by atoms with Gasteiger partial charge >= 0.3 is 0 Å². The van der Waals surface area contributed by atoms with E-state index in [1.54, 1.807) is 0 Å². The van der Waals surface area contributed by atoms with Gasteiger partial charge in [0, 0.05) is 12.4 Å². The van der Waals surface area contributed by atoms with Gasteiger partial charge in [-0.05, 0) is 24.3 Å². The second kappa shape index (κ2) is 5.61. The standard InChI is InChI=1S/C16H17N3O2/c20-15(14-10-17-8-9-18-14)19-11-16(21,13-6-7-13)12-4-2-1-3-5-12/h1-5,8-10,13,21H,6-7,11H2,(H,19,20). The normalized spacial score (nSPS) is 17.0. The Labute approximate surface area is 123 Å². The van der Waals surface area contributed by atoms with Gasteiger partial charge in [-0.1, -0.05) is 30.3 Å². The molecule has 1 amide bonds. The molecular formula is C16H17N3O2. The molecule has 1 aliphatic rings. The number of nitrogens with one attached hydrogen (secondary N) is 1. The predicted molar refractivity (Wildman–Crippen MR) is 77.4 cm³/mol. The molecule has 1 aromatic heterocycles. The average Bonchev–Trinajstić information content (AvgIpc) is 3.39. The SMILES string of the molecule is O=C(NCC(O)(c1ccccc1)C1CC1)c1cnccn1. The molecule has 5 heteroatoms. The summed E-state index contributed by atoms with van der Waals surface area (Å²) in [6.45, 7) is 0.178. The summed E-state index contributed by atoms with van der Waals surface area (Å²) in [5, 5.41) is 13.7. The number of benzene rings is 1. The number of aromatic nitrogens is 2. The number of hydrogen-bond donors (Lipinski definition) is 2. The third-order valence-electron chi connectivity index (χ3n) is 3.84. The molecule has 21 heavy (non-hydrogen) atoms. The van der Waals surface area contributed by atoms with E-state index in [0.717, 1.165) is 18.4 Å². The maximum absolute atomic E-state index is 12.0. The number of hydrogen-bond acceptors (Lipinski definition) is 4. The van der Waals surface area contributed by atoms with Gasteiger partial charge in [0.1, 0.15) is 11.3 Å². The summed E-state index contributed by atoms with van der Waals surface area (Å²) in [4.78, 5) is 19.9. The molecule has 0 aliphatic heterocycles. The Balaban J connectivity index is 1.73. The molecule has 0 bridgehead atoms. The first-order chi connectivity index (χ1) is 10.2. The smallest absolute Gasteiger partial charge is 0.271 e. The Morgan fingerprint density at radius 2 is 2.05 bits per heavy atom. The molecule has 5 nitrogen and oxygen atoms in total. The summed E-state index contributed by atoms with van der Waals surface area (Å²) < 4.78 is 0. The highest BCUT2D eigenvalue weighted by Crippen LogP contribution is 2.45. The molecule has 0 radical (unpaired) electrons. The van der Waals surface area contributed by atoms with Crippen LogP contribution >= 0.6 is 0 Å². The van der Waals surface area contributed by atoms with Gasteiger partial charge in [-0.25, -0.2) is 4.98 Å². The minimum Gasteiger partial charge on any atom is -0.383 e. The lowest BCUT2D eigenvalue weighted by Gasteiger charge is -2.29. The van der Waals surface area contributed by atoms with Gasteiger partial charge in [0.15, 0.2) is 0 Å². The minimum atomic E-state index is -1.01. The average molecular weight is 283 g/mol. The van der Waals surface area contributed by atoms with Crippen LogP contribution in [0, 0.1) is 5.92 Å². The van der Waals surface area contributed by atoms with Crippen molar-refractivity contribution in [3.63, 3.8) is 0 Å². The summed E-state index contributed by atoms with van der Waals surface area (Å²) >= 11 is 0. The van der Waals surface area contributed by atoms with Crippen LogP contribution in [0.25, 0.3) is 0 Å². The van der Waals surface area contributed by atoms with Crippen LogP contribution in [0.1, 0.15) is 28.9 Å². The second-order valence-electron chi connectivity index (χ2n) is 5.34. The van der Waals surface area contributed by atoms with Crippen LogP contribution in [0.15, 0.2) is 48.9 Å². The topological polar surface area (TPSA) is 75.1 Å². The van der Waals surface area contributed by atoms with E-state index >= 15 is 0 Å². The molecule has 1 aliphatic carbocycles. The number of amides is 1. The summed E-state index contributed by atoms with van der Waals surface area (Å²) in [5.74, 6) is -0.125. The lowest BCUT2D eigenvalue weighted by atomic mass is 9.88. The van der Waals surface area contributed by atoms with Crippen molar-refractivity contribution in [2.45, 2.75) is 18.4 Å². The zero-order valence-corrected chi connectivity index (χ0v) is 11.6. The quantitative estimate of drug-likeness (QED) is 0.872. The van der Waals surface area contributed by atoms with Gasteiger partial charge in [0.2, 0.25) is 0 Å². The van der Waals surface area contributed by atoms with Crippen LogP contribution in [0.3, 0.4) is 0 Å². The van der Waals surface area contributed by atoms with Crippen molar-refractivity contribution in [1.82, 2.24) is 15.3 Å². The zero-order chi connectivity index (χ0) is 14.7. The van der Waals surface area contributed by atoms with Gasteiger partial charge in [-0.3, -0.25) is 9.78 Å². The Hall–Kier alpha value is -2.27. The fourth-order valence-corrected chi connectivity index (χ4v) is 2.49. The molecule has 1 aromatic carbocycles. The van der Waals surface area contributed by atoms with E-state index in [4.69, 9.17) is 0 Å². The molecule has 1 heterocycles. The maximum atomic E-state index is 12.0. The van der Waals surface area contributed by atoms with Crippen LogP contribution in [0.4, 0.5) is 0 Å². The first kappa shape index (κ1) is 13.7. The monoisotopic (exact) mass is 283 g/mol. The summed E-state index contributed by atoms with van der Waals surface area (Å²) in [7, 11) is 0. The highest BCUT2D eigenvalue weighted by atomic mass is 16.3. The van der Waals surface area contributed by atoms with Gasteiger partial charge in [-0.15, -0.1) is 0 Å². The Morgan fingerprint density at radius 3 is 2.67 bits per heavy atom. The molecule has 1 unspecified atom stereocenters. The third kappa shape index (κ3) is 2.92. The Bertz CT molecular complexity index is 614. The molecule has 1 atom stereocenters. The highest BCUT2D eigenvalue weighted by molar-refractivity contribution is 5.91. The van der Waals surface area contributed by atoms with E-state index in [1.165, 1.54) is 18.6 Å². The van der Waals surface area contributed by atoms with Crippen LogP contribution in [-0.2, 0) is 5.60 Å². The van der Waals surface area contributed by atoms with Crippen molar-refractivity contribution < 1.29 is 9.90 Å². The molecule has 0 saturated heterocycles. The zero-order valence-electron chi connectivity index (χ0n) is 11.6. The number of carbonyl (C=O) groups excluding carboxylic acids is 1. The van der Waals surface area contributed by atoms with Crippen molar-refractivity contribution in [2.75, 3.05) is 6.54 Å². The van der Waals surface area contributed by atoms with E-state index in [-0.39, 0.29) is 24.1 Å². The number of carbonyl (C=O) groups is 1. The van der Waals surface area contributed by atoms with Crippen LogP contribution < -0.4 is 5.32 Å². The van der Waals surface area contributed by atoms with Gasteiger partial charge < -0.3 is 10.4 Å². The molecule has 1 fully saturated rings. The summed E-state index contributed by atoms with van der Waals surface area (Å²) in [6.07, 6.45) is 6.35.